The van der Waals surface area contributed by atoms with E-state index in [2.05, 4.69) is 35.9 Å². The lowest BCUT2D eigenvalue weighted by molar-refractivity contribution is 0.559. The van der Waals surface area contributed by atoms with Gasteiger partial charge in [-0.2, -0.15) is 0 Å². The Morgan fingerprint density at radius 1 is 1.06 bits per heavy atom. The van der Waals surface area contributed by atoms with Crippen molar-refractivity contribution in [2.75, 3.05) is 0 Å². The fourth-order valence-corrected chi connectivity index (χ4v) is 1.76. The summed E-state index contributed by atoms with van der Waals surface area (Å²) in [5, 5.41) is 0. The summed E-state index contributed by atoms with van der Waals surface area (Å²) < 4.78 is 0. The predicted molar refractivity (Wildman–Crippen MR) is 70.6 cm³/mol. The summed E-state index contributed by atoms with van der Waals surface area (Å²) in [5.74, 6) is 0.720. The van der Waals surface area contributed by atoms with Gasteiger partial charge in [0.2, 0.25) is 0 Å². The van der Waals surface area contributed by atoms with E-state index in [9.17, 15) is 0 Å². The summed E-state index contributed by atoms with van der Waals surface area (Å²) >= 11 is 0. The maximum absolute atomic E-state index is 4.47. The number of rotatable bonds is 4. The highest BCUT2D eigenvalue weighted by atomic mass is 14.8. The zero-order valence-corrected chi connectivity index (χ0v) is 10.4. The molecule has 1 atom stereocenters. The molecule has 2 aromatic heterocycles. The molecule has 88 valence electrons. The molecule has 0 radical (unpaired) electrons. The quantitative estimate of drug-likeness (QED) is 0.793. The molecule has 0 saturated carbocycles. The van der Waals surface area contributed by atoms with Gasteiger partial charge in [-0.15, -0.1) is 0 Å². The third kappa shape index (κ3) is 3.13. The summed E-state index contributed by atoms with van der Waals surface area (Å²) in [6, 6.07) is 10.1. The fraction of sp³-hybridized carbons (Fsp3) is 0.333. The standard InChI is InChI=1S/C15H18N2/c1-3-12(2)10-13-7-8-15(17-11-13)14-6-4-5-9-16-14/h4-9,11-12H,3,10H2,1-2H3. The SMILES string of the molecule is CCC(C)Cc1ccc(-c2ccccn2)nc1. The van der Waals surface area contributed by atoms with Crippen LogP contribution in [0.1, 0.15) is 25.8 Å². The van der Waals surface area contributed by atoms with Gasteiger partial charge in [0, 0.05) is 12.4 Å². The van der Waals surface area contributed by atoms with Crippen LogP contribution in [-0.4, -0.2) is 9.97 Å². The van der Waals surface area contributed by atoms with Gasteiger partial charge < -0.3 is 0 Å². The normalized spacial score (nSPS) is 12.4. The van der Waals surface area contributed by atoms with Gasteiger partial charge in [-0.25, -0.2) is 0 Å². The lowest BCUT2D eigenvalue weighted by atomic mass is 10.00. The van der Waals surface area contributed by atoms with Crippen LogP contribution in [0.3, 0.4) is 0 Å². The Labute approximate surface area is 103 Å². The molecule has 2 heterocycles. The average molecular weight is 226 g/mol. The van der Waals surface area contributed by atoms with Gasteiger partial charge in [0.15, 0.2) is 0 Å². The maximum Gasteiger partial charge on any atom is 0.0886 e. The van der Waals surface area contributed by atoms with Crippen LogP contribution < -0.4 is 0 Å². The lowest BCUT2D eigenvalue weighted by Gasteiger charge is -2.08. The first kappa shape index (κ1) is 11.8. The predicted octanol–water partition coefficient (Wildman–Crippen LogP) is 3.73. The summed E-state index contributed by atoms with van der Waals surface area (Å²) in [6.45, 7) is 4.49. The molecule has 1 unspecified atom stereocenters. The van der Waals surface area contributed by atoms with Gasteiger partial charge in [-0.1, -0.05) is 32.4 Å². The molecule has 0 aliphatic rings. The van der Waals surface area contributed by atoms with Gasteiger partial charge in [0.05, 0.1) is 11.4 Å². The van der Waals surface area contributed by atoms with E-state index in [-0.39, 0.29) is 0 Å². The van der Waals surface area contributed by atoms with Crippen LogP contribution in [-0.2, 0) is 6.42 Å². The number of aromatic nitrogens is 2. The Bertz CT molecular complexity index is 448. The number of nitrogens with zero attached hydrogens (tertiary/aromatic N) is 2. The third-order valence-corrected chi connectivity index (χ3v) is 3.03. The van der Waals surface area contributed by atoms with Crippen molar-refractivity contribution in [3.05, 3.63) is 48.3 Å². The number of hydrogen-bond donors (Lipinski definition) is 0. The van der Waals surface area contributed by atoms with Crippen molar-refractivity contribution in [3.63, 3.8) is 0 Å². The lowest BCUT2D eigenvalue weighted by Crippen LogP contribution is -1.98. The Morgan fingerprint density at radius 3 is 2.47 bits per heavy atom. The highest BCUT2D eigenvalue weighted by Gasteiger charge is 2.03. The smallest absolute Gasteiger partial charge is 0.0886 e. The molecular formula is C15H18N2. The van der Waals surface area contributed by atoms with E-state index >= 15 is 0 Å². The molecule has 2 heteroatoms. The topological polar surface area (TPSA) is 25.8 Å². The average Bonchev–Trinajstić information content (AvgIpc) is 2.40. The number of pyridine rings is 2. The van der Waals surface area contributed by atoms with E-state index in [0.29, 0.717) is 0 Å². The van der Waals surface area contributed by atoms with E-state index in [1.807, 2.05) is 24.4 Å². The van der Waals surface area contributed by atoms with Crippen molar-refractivity contribution in [3.8, 4) is 11.4 Å². The minimum atomic E-state index is 0.720. The van der Waals surface area contributed by atoms with Gasteiger partial charge in [0.1, 0.15) is 0 Å². The molecule has 2 nitrogen and oxygen atoms in total. The zero-order chi connectivity index (χ0) is 12.1. The molecule has 0 bridgehead atoms. The largest absolute Gasteiger partial charge is 0.255 e. The highest BCUT2D eigenvalue weighted by molar-refractivity contribution is 5.53. The molecule has 2 aromatic rings. The molecule has 0 spiro atoms. The Kier molecular flexibility index (Phi) is 3.86. The van der Waals surface area contributed by atoms with E-state index in [1.54, 1.807) is 6.20 Å². The molecule has 2 rings (SSSR count). The zero-order valence-electron chi connectivity index (χ0n) is 10.4. The molecule has 0 saturated heterocycles. The van der Waals surface area contributed by atoms with Gasteiger partial charge >= 0.3 is 0 Å². The molecule has 0 N–H and O–H groups in total. The van der Waals surface area contributed by atoms with E-state index in [1.165, 1.54) is 12.0 Å². The molecule has 17 heavy (non-hydrogen) atoms. The van der Waals surface area contributed by atoms with Crippen LogP contribution in [0.5, 0.6) is 0 Å². The summed E-state index contributed by atoms with van der Waals surface area (Å²) in [5.41, 5.74) is 3.18. The van der Waals surface area contributed by atoms with Crippen molar-refractivity contribution < 1.29 is 0 Å². The molecular weight excluding hydrogens is 208 g/mol. The molecule has 0 amide bonds. The second kappa shape index (κ2) is 5.58. The van der Waals surface area contributed by atoms with Gasteiger partial charge in [0.25, 0.3) is 0 Å². The van der Waals surface area contributed by atoms with Crippen LogP contribution in [0.2, 0.25) is 0 Å². The Hall–Kier alpha value is -1.70. The van der Waals surface area contributed by atoms with E-state index in [4.69, 9.17) is 0 Å². The summed E-state index contributed by atoms with van der Waals surface area (Å²) in [4.78, 5) is 8.77. The first-order chi connectivity index (χ1) is 8.29. The first-order valence-electron chi connectivity index (χ1n) is 6.16. The van der Waals surface area contributed by atoms with Crippen molar-refractivity contribution in [1.82, 2.24) is 9.97 Å². The molecule has 0 fully saturated rings. The van der Waals surface area contributed by atoms with Crippen LogP contribution >= 0.6 is 0 Å². The van der Waals surface area contributed by atoms with Crippen LogP contribution in [0.25, 0.3) is 11.4 Å². The minimum Gasteiger partial charge on any atom is -0.255 e. The number of hydrogen-bond acceptors (Lipinski definition) is 2. The minimum absolute atomic E-state index is 0.720. The first-order valence-corrected chi connectivity index (χ1v) is 6.16. The molecule has 0 aliphatic carbocycles. The molecule has 0 aliphatic heterocycles. The third-order valence-electron chi connectivity index (χ3n) is 3.03. The Morgan fingerprint density at radius 2 is 1.88 bits per heavy atom. The van der Waals surface area contributed by atoms with Crippen molar-refractivity contribution >= 4 is 0 Å². The van der Waals surface area contributed by atoms with Crippen molar-refractivity contribution in [2.24, 2.45) is 5.92 Å². The van der Waals surface area contributed by atoms with Crippen molar-refractivity contribution in [1.29, 1.82) is 0 Å². The van der Waals surface area contributed by atoms with E-state index in [0.717, 1.165) is 23.7 Å². The fourth-order valence-electron chi connectivity index (χ4n) is 1.76. The summed E-state index contributed by atoms with van der Waals surface area (Å²) in [7, 11) is 0. The second-order valence-electron chi connectivity index (χ2n) is 4.48. The molecule has 0 aromatic carbocycles. The van der Waals surface area contributed by atoms with Crippen LogP contribution in [0.4, 0.5) is 0 Å². The highest BCUT2D eigenvalue weighted by Crippen LogP contribution is 2.16. The van der Waals surface area contributed by atoms with E-state index < -0.39 is 0 Å². The monoisotopic (exact) mass is 226 g/mol. The van der Waals surface area contributed by atoms with Crippen LogP contribution in [0.15, 0.2) is 42.7 Å². The Balaban J connectivity index is 2.13. The van der Waals surface area contributed by atoms with Gasteiger partial charge in [-0.05, 0) is 36.1 Å². The van der Waals surface area contributed by atoms with Crippen molar-refractivity contribution in [2.45, 2.75) is 26.7 Å². The second-order valence-corrected chi connectivity index (χ2v) is 4.48. The van der Waals surface area contributed by atoms with Crippen LogP contribution in [0, 0.1) is 5.92 Å². The van der Waals surface area contributed by atoms with Gasteiger partial charge in [-0.3, -0.25) is 9.97 Å². The maximum atomic E-state index is 4.47. The summed E-state index contributed by atoms with van der Waals surface area (Å²) in [6.07, 6.45) is 6.08.